The van der Waals surface area contributed by atoms with Crippen LogP contribution in [0.2, 0.25) is 0 Å². The van der Waals surface area contributed by atoms with E-state index in [1.807, 2.05) is 49.4 Å². The lowest BCUT2D eigenvalue weighted by molar-refractivity contribution is -0.668. The number of ether oxygens (including phenoxy) is 2. The van der Waals surface area contributed by atoms with Crippen LogP contribution in [0.25, 0.3) is 0 Å². The molecule has 0 saturated carbocycles. The molecular formula is C24H28N3O4+. The Kier molecular flexibility index (Phi) is 8.25. The van der Waals surface area contributed by atoms with Crippen molar-refractivity contribution < 1.29 is 19.7 Å². The maximum absolute atomic E-state index is 10.7. The van der Waals surface area contributed by atoms with Gasteiger partial charge in [-0.05, 0) is 36.8 Å². The first-order valence-corrected chi connectivity index (χ1v) is 10.4. The number of nitro groups is 1. The van der Waals surface area contributed by atoms with Crippen molar-refractivity contribution in [2.45, 2.75) is 20.1 Å². The molecule has 7 nitrogen and oxygen atoms in total. The number of nitrogens with one attached hydrogen (secondary N) is 1. The van der Waals surface area contributed by atoms with Gasteiger partial charge in [0.15, 0.2) is 11.5 Å². The van der Waals surface area contributed by atoms with Crippen molar-refractivity contribution in [2.75, 3.05) is 25.0 Å². The number of non-ortho nitro benzene ring substituents is 1. The Hall–Kier alpha value is -3.58. The van der Waals surface area contributed by atoms with E-state index >= 15 is 0 Å². The van der Waals surface area contributed by atoms with Gasteiger partial charge in [0.05, 0.1) is 30.2 Å². The lowest BCUT2D eigenvalue weighted by atomic mass is 10.1. The lowest BCUT2D eigenvalue weighted by Gasteiger charge is -2.15. The fourth-order valence-electron chi connectivity index (χ4n) is 3.16. The average molecular weight is 423 g/mol. The van der Waals surface area contributed by atoms with E-state index in [9.17, 15) is 10.1 Å². The minimum Gasteiger partial charge on any atom is -0.490 e. The van der Waals surface area contributed by atoms with Crippen molar-refractivity contribution in [1.29, 1.82) is 0 Å². The van der Waals surface area contributed by atoms with Gasteiger partial charge in [-0.25, -0.2) is 0 Å². The number of para-hydroxylation sites is 1. The van der Waals surface area contributed by atoms with E-state index in [0.29, 0.717) is 13.2 Å². The zero-order chi connectivity index (χ0) is 21.9. The Morgan fingerprint density at radius 3 is 2.45 bits per heavy atom. The predicted molar refractivity (Wildman–Crippen MR) is 120 cm³/mol. The summed E-state index contributed by atoms with van der Waals surface area (Å²) in [4.78, 5) is 10.3. The van der Waals surface area contributed by atoms with Gasteiger partial charge >= 0.3 is 0 Å². The van der Waals surface area contributed by atoms with Crippen molar-refractivity contribution in [3.8, 4) is 11.5 Å². The van der Waals surface area contributed by atoms with Crippen molar-refractivity contribution >= 4 is 11.4 Å². The number of hydrogen-bond acceptors (Lipinski definition) is 5. The number of quaternary nitrogens is 1. The fourth-order valence-corrected chi connectivity index (χ4v) is 3.16. The maximum atomic E-state index is 10.7. The highest BCUT2D eigenvalue weighted by Crippen LogP contribution is 2.31. The Morgan fingerprint density at radius 1 is 0.968 bits per heavy atom. The molecule has 3 aromatic carbocycles. The summed E-state index contributed by atoms with van der Waals surface area (Å²) in [5, 5.41) is 16.2. The van der Waals surface area contributed by atoms with Crippen LogP contribution >= 0.6 is 0 Å². The molecule has 162 valence electrons. The number of nitro benzene ring substituents is 1. The summed E-state index contributed by atoms with van der Waals surface area (Å²) in [5.74, 6) is 1.54. The first-order valence-electron chi connectivity index (χ1n) is 10.4. The molecule has 0 atom stereocenters. The molecule has 0 heterocycles. The summed E-state index contributed by atoms with van der Waals surface area (Å²) in [6.07, 6.45) is 0. The SMILES string of the molecule is CCOc1cccc(C[NH2+]CCNc2ccc([N+](=O)[O-])cc2)c1OCc1ccccc1. The molecular weight excluding hydrogens is 394 g/mol. The zero-order valence-corrected chi connectivity index (χ0v) is 17.6. The molecule has 0 spiro atoms. The summed E-state index contributed by atoms with van der Waals surface area (Å²) >= 11 is 0. The highest BCUT2D eigenvalue weighted by atomic mass is 16.6. The second-order valence-electron chi connectivity index (χ2n) is 6.96. The highest BCUT2D eigenvalue weighted by Gasteiger charge is 2.13. The molecule has 0 radical (unpaired) electrons. The topological polar surface area (TPSA) is 90.2 Å². The van der Waals surface area contributed by atoms with Crippen LogP contribution in [0.1, 0.15) is 18.1 Å². The monoisotopic (exact) mass is 422 g/mol. The molecule has 0 unspecified atom stereocenters. The van der Waals surface area contributed by atoms with Crippen molar-refractivity contribution in [2.24, 2.45) is 0 Å². The van der Waals surface area contributed by atoms with Crippen LogP contribution < -0.4 is 20.1 Å². The minimum absolute atomic E-state index is 0.0920. The molecule has 3 rings (SSSR count). The molecule has 0 fully saturated rings. The molecule has 0 aliphatic heterocycles. The second-order valence-corrected chi connectivity index (χ2v) is 6.96. The Bertz CT molecular complexity index is 962. The average Bonchev–Trinajstić information content (AvgIpc) is 2.79. The van der Waals surface area contributed by atoms with Gasteiger partial charge in [0, 0.05) is 17.8 Å². The first kappa shape index (κ1) is 22.1. The summed E-state index contributed by atoms with van der Waals surface area (Å²) in [6.45, 7) is 5.36. The molecule has 31 heavy (non-hydrogen) atoms. The van der Waals surface area contributed by atoms with Crippen LogP contribution in [0.5, 0.6) is 11.5 Å². The first-order chi connectivity index (χ1) is 15.2. The normalized spacial score (nSPS) is 10.5. The van der Waals surface area contributed by atoms with Crippen LogP contribution in [-0.2, 0) is 13.2 Å². The van der Waals surface area contributed by atoms with Crippen LogP contribution in [0, 0.1) is 10.1 Å². The number of nitrogens with zero attached hydrogens (tertiary/aromatic N) is 1. The summed E-state index contributed by atoms with van der Waals surface area (Å²) < 4.78 is 11.9. The third-order valence-electron chi connectivity index (χ3n) is 4.71. The van der Waals surface area contributed by atoms with Gasteiger partial charge in [-0.1, -0.05) is 36.4 Å². The number of anilines is 1. The molecule has 0 aromatic heterocycles. The maximum Gasteiger partial charge on any atom is 0.269 e. The largest absolute Gasteiger partial charge is 0.490 e. The molecule has 0 saturated heterocycles. The van der Waals surface area contributed by atoms with Crippen molar-refractivity contribution in [1.82, 2.24) is 0 Å². The van der Waals surface area contributed by atoms with E-state index in [1.54, 1.807) is 12.1 Å². The summed E-state index contributed by atoms with van der Waals surface area (Å²) in [6, 6.07) is 22.5. The van der Waals surface area contributed by atoms with E-state index in [0.717, 1.165) is 47.9 Å². The molecule has 0 bridgehead atoms. The summed E-state index contributed by atoms with van der Waals surface area (Å²) in [5.41, 5.74) is 3.15. The smallest absolute Gasteiger partial charge is 0.269 e. The standard InChI is InChI=1S/C24H27N3O4/c1-2-30-23-10-6-9-20(24(23)31-18-19-7-4-3-5-8-19)17-25-15-16-26-21-11-13-22(14-12-21)27(28)29/h3-14,25-26H,2,15-18H2,1H3/p+1. The lowest BCUT2D eigenvalue weighted by Crippen LogP contribution is -2.83. The zero-order valence-electron chi connectivity index (χ0n) is 17.6. The van der Waals surface area contributed by atoms with Crippen LogP contribution in [0.15, 0.2) is 72.8 Å². The third kappa shape index (κ3) is 6.72. The predicted octanol–water partition coefficient (Wildman–Crippen LogP) is 3.75. The van der Waals surface area contributed by atoms with E-state index in [2.05, 4.69) is 16.7 Å². The van der Waals surface area contributed by atoms with Crippen molar-refractivity contribution in [3.05, 3.63) is 94.0 Å². The van der Waals surface area contributed by atoms with Gasteiger partial charge in [-0.3, -0.25) is 10.1 Å². The minimum atomic E-state index is -0.397. The van der Waals surface area contributed by atoms with Gasteiger partial charge in [0.25, 0.3) is 5.69 Å². The van der Waals surface area contributed by atoms with E-state index in [4.69, 9.17) is 9.47 Å². The van der Waals surface area contributed by atoms with Gasteiger partial charge in [0.1, 0.15) is 13.2 Å². The Morgan fingerprint density at radius 2 is 1.74 bits per heavy atom. The fraction of sp³-hybridized carbons (Fsp3) is 0.250. The Balaban J connectivity index is 1.53. The molecule has 7 heteroatoms. The molecule has 3 aromatic rings. The number of nitrogens with two attached hydrogens (primary N) is 1. The quantitative estimate of drug-likeness (QED) is 0.264. The van der Waals surface area contributed by atoms with Crippen LogP contribution in [0.4, 0.5) is 11.4 Å². The van der Waals surface area contributed by atoms with Gasteiger partial charge in [0.2, 0.25) is 0 Å². The summed E-state index contributed by atoms with van der Waals surface area (Å²) in [7, 11) is 0. The molecule has 0 aliphatic carbocycles. The molecule has 0 aliphatic rings. The van der Waals surface area contributed by atoms with Gasteiger partial charge in [-0.15, -0.1) is 0 Å². The van der Waals surface area contributed by atoms with E-state index in [1.165, 1.54) is 12.1 Å². The second kappa shape index (κ2) is 11.6. The highest BCUT2D eigenvalue weighted by molar-refractivity contribution is 5.48. The van der Waals surface area contributed by atoms with E-state index < -0.39 is 4.92 Å². The van der Waals surface area contributed by atoms with Gasteiger partial charge in [-0.2, -0.15) is 0 Å². The van der Waals surface area contributed by atoms with Crippen molar-refractivity contribution in [3.63, 3.8) is 0 Å². The number of benzene rings is 3. The number of hydrogen-bond donors (Lipinski definition) is 2. The van der Waals surface area contributed by atoms with Crippen LogP contribution in [0.3, 0.4) is 0 Å². The Labute approximate surface area is 182 Å². The third-order valence-corrected chi connectivity index (χ3v) is 4.71. The molecule has 0 amide bonds. The number of rotatable bonds is 12. The molecule has 3 N–H and O–H groups in total. The van der Waals surface area contributed by atoms with E-state index in [-0.39, 0.29) is 5.69 Å². The van der Waals surface area contributed by atoms with Gasteiger partial charge < -0.3 is 20.1 Å². The van der Waals surface area contributed by atoms with Crippen LogP contribution in [-0.4, -0.2) is 24.6 Å².